The second kappa shape index (κ2) is 15.0. The zero-order chi connectivity index (χ0) is 40.0. The van der Waals surface area contributed by atoms with Gasteiger partial charge in [-0.2, -0.15) is 0 Å². The first-order chi connectivity index (χ1) is 28.1. The molecule has 0 N–H and O–H groups in total. The van der Waals surface area contributed by atoms with Gasteiger partial charge in [0.15, 0.2) is 0 Å². The average Bonchev–Trinajstić information content (AvgIpc) is 3.23. The minimum absolute atomic E-state index is 0.175. The molecule has 1 heterocycles. The molecule has 0 bridgehead atoms. The summed E-state index contributed by atoms with van der Waals surface area (Å²) < 4.78 is 23.7. The van der Waals surface area contributed by atoms with Gasteiger partial charge in [-0.3, -0.25) is 0 Å². The molecule has 0 unspecified atom stereocenters. The number of halogens is 3. The van der Waals surface area contributed by atoms with Gasteiger partial charge in [0, 0.05) is 43.7 Å². The average molecular weight is 797 g/mol. The molecule has 58 heavy (non-hydrogen) atoms. The van der Waals surface area contributed by atoms with Crippen molar-refractivity contribution in [1.82, 2.24) is 0 Å². The van der Waals surface area contributed by atoms with E-state index in [4.69, 9.17) is 27.9 Å². The summed E-state index contributed by atoms with van der Waals surface area (Å²) in [5, 5.41) is 1.14. The first-order valence-corrected chi connectivity index (χ1v) is 20.2. The lowest BCUT2D eigenvalue weighted by Crippen LogP contribution is -2.34. The molecule has 0 saturated carbocycles. The molecule has 5 heteroatoms. The van der Waals surface area contributed by atoms with Crippen LogP contribution in [0.25, 0.3) is 22.3 Å². The van der Waals surface area contributed by atoms with Crippen molar-refractivity contribution >= 4 is 40.3 Å². The highest BCUT2D eigenvalue weighted by molar-refractivity contribution is 6.31. The number of hydrogen-bond acceptors (Lipinski definition) is 2. The molecule has 8 aromatic carbocycles. The molecule has 0 aliphatic carbocycles. The lowest BCUT2D eigenvalue weighted by Gasteiger charge is -2.42. The molecule has 8 aromatic rings. The number of hydrogen-bond donors (Lipinski definition) is 0. The van der Waals surface area contributed by atoms with Crippen molar-refractivity contribution < 1.29 is 9.13 Å². The predicted molar refractivity (Wildman–Crippen MR) is 239 cm³/mol. The highest BCUT2D eigenvalue weighted by Crippen LogP contribution is 2.57. The maximum atomic E-state index is 17.1. The number of rotatable bonds is 7. The van der Waals surface area contributed by atoms with E-state index >= 15 is 4.39 Å². The maximum Gasteiger partial charge on any atom is 0.132 e. The van der Waals surface area contributed by atoms with Crippen LogP contribution in [0.2, 0.25) is 10.0 Å². The van der Waals surface area contributed by atoms with Gasteiger partial charge in [-0.15, -0.1) is 0 Å². The Kier molecular flexibility index (Phi) is 9.68. The van der Waals surface area contributed by atoms with Gasteiger partial charge in [0.05, 0.1) is 11.1 Å². The number of para-hydroxylation sites is 2. The van der Waals surface area contributed by atoms with Gasteiger partial charge in [0.1, 0.15) is 17.3 Å². The van der Waals surface area contributed by atoms with E-state index in [0.717, 1.165) is 50.3 Å². The zero-order valence-electron chi connectivity index (χ0n) is 32.4. The molecule has 0 fully saturated rings. The van der Waals surface area contributed by atoms with Crippen LogP contribution in [0.4, 0.5) is 21.5 Å². The standard InChI is InChI=1S/C53H40Cl2FNO/c1-52(2,3)38-31-45(35-16-6-4-7-17-35)51(46(32-38)36-18-8-5-9-19-36)57(43-23-15-22-41(55)33-43)44-30-39(29-42(56)34-44)53(37-20-14-21-40(54)28-37)47-24-10-12-26-49(47)58-50-27-13-11-25-48(50)53/h4-34H,1-3H3. The van der Waals surface area contributed by atoms with E-state index in [1.54, 1.807) is 12.1 Å². The van der Waals surface area contributed by atoms with Gasteiger partial charge >= 0.3 is 0 Å². The Morgan fingerprint density at radius 2 is 1.03 bits per heavy atom. The molecule has 0 radical (unpaired) electrons. The number of anilines is 3. The number of fused-ring (bicyclic) bond motifs is 2. The van der Waals surface area contributed by atoms with E-state index < -0.39 is 11.2 Å². The van der Waals surface area contributed by atoms with Gasteiger partial charge < -0.3 is 9.64 Å². The summed E-state index contributed by atoms with van der Waals surface area (Å²) in [4.78, 5) is 2.17. The molecule has 1 aliphatic rings. The molecule has 0 spiro atoms. The second-order valence-corrected chi connectivity index (χ2v) is 16.6. The minimum Gasteiger partial charge on any atom is -0.457 e. The quantitative estimate of drug-likeness (QED) is 0.159. The van der Waals surface area contributed by atoms with Crippen LogP contribution in [-0.4, -0.2) is 0 Å². The molecule has 2 nitrogen and oxygen atoms in total. The van der Waals surface area contributed by atoms with Crippen LogP contribution in [0.15, 0.2) is 188 Å². The molecule has 284 valence electrons. The number of nitrogens with zero attached hydrogens (tertiary/aromatic N) is 1. The van der Waals surface area contributed by atoms with Crippen LogP contribution < -0.4 is 9.64 Å². The van der Waals surface area contributed by atoms with Gasteiger partial charge in [0.2, 0.25) is 0 Å². The second-order valence-electron chi connectivity index (χ2n) is 15.8. The highest BCUT2D eigenvalue weighted by atomic mass is 35.5. The molecule has 0 atom stereocenters. The van der Waals surface area contributed by atoms with E-state index in [2.05, 4.69) is 111 Å². The Balaban J connectivity index is 1.43. The first kappa shape index (κ1) is 37.4. The highest BCUT2D eigenvalue weighted by Gasteiger charge is 2.46. The Morgan fingerprint density at radius 1 is 0.500 bits per heavy atom. The molecule has 0 saturated heterocycles. The van der Waals surface area contributed by atoms with Crippen LogP contribution in [0.1, 0.15) is 48.6 Å². The molecular weight excluding hydrogens is 756 g/mol. The Bertz CT molecular complexity index is 2690. The summed E-state index contributed by atoms with van der Waals surface area (Å²) in [6.07, 6.45) is 0. The third-order valence-corrected chi connectivity index (χ3v) is 11.5. The molecular formula is C53H40Cl2FNO. The third kappa shape index (κ3) is 6.65. The maximum absolute atomic E-state index is 17.1. The summed E-state index contributed by atoms with van der Waals surface area (Å²) in [6.45, 7) is 6.70. The van der Waals surface area contributed by atoms with Crippen LogP contribution in [0.5, 0.6) is 11.5 Å². The lowest BCUT2D eigenvalue weighted by molar-refractivity contribution is 0.434. The van der Waals surface area contributed by atoms with Crippen molar-refractivity contribution in [2.24, 2.45) is 0 Å². The molecule has 1 aliphatic heterocycles. The third-order valence-electron chi connectivity index (χ3n) is 11.1. The number of ether oxygens (including phenoxy) is 1. The van der Waals surface area contributed by atoms with Gasteiger partial charge in [-0.1, -0.05) is 159 Å². The summed E-state index contributed by atoms with van der Waals surface area (Å²) >= 11 is 13.7. The Hall–Kier alpha value is -6.13. The molecule has 0 aromatic heterocycles. The number of benzene rings is 8. The summed E-state index contributed by atoms with van der Waals surface area (Å²) in [5.41, 5.74) is 9.73. The van der Waals surface area contributed by atoms with Crippen molar-refractivity contribution in [1.29, 1.82) is 0 Å². The van der Waals surface area contributed by atoms with Crippen molar-refractivity contribution in [2.75, 3.05) is 4.90 Å². The van der Waals surface area contributed by atoms with Crippen molar-refractivity contribution in [3.63, 3.8) is 0 Å². The fourth-order valence-corrected chi connectivity index (χ4v) is 8.81. The van der Waals surface area contributed by atoms with Crippen LogP contribution in [0, 0.1) is 5.82 Å². The van der Waals surface area contributed by atoms with Crippen LogP contribution >= 0.6 is 23.2 Å². The Morgan fingerprint density at radius 3 is 1.59 bits per heavy atom. The smallest absolute Gasteiger partial charge is 0.132 e. The van der Waals surface area contributed by atoms with Gasteiger partial charge in [0.25, 0.3) is 0 Å². The first-order valence-electron chi connectivity index (χ1n) is 19.4. The van der Waals surface area contributed by atoms with Gasteiger partial charge in [-0.05, 0) is 106 Å². The van der Waals surface area contributed by atoms with Crippen molar-refractivity contribution in [3.8, 4) is 33.8 Å². The summed E-state index contributed by atoms with van der Waals surface area (Å²) in [7, 11) is 0. The topological polar surface area (TPSA) is 12.5 Å². The van der Waals surface area contributed by atoms with Crippen molar-refractivity contribution in [2.45, 2.75) is 31.6 Å². The largest absolute Gasteiger partial charge is 0.457 e. The van der Waals surface area contributed by atoms with E-state index in [1.807, 2.05) is 91.0 Å². The van der Waals surface area contributed by atoms with E-state index in [9.17, 15) is 0 Å². The summed E-state index contributed by atoms with van der Waals surface area (Å²) in [5.74, 6) is 0.986. The predicted octanol–water partition coefficient (Wildman–Crippen LogP) is 15.7. The Labute approximate surface area is 349 Å². The van der Waals surface area contributed by atoms with E-state index in [1.165, 1.54) is 5.56 Å². The fourth-order valence-electron chi connectivity index (χ4n) is 8.43. The normalized spacial score (nSPS) is 12.9. The monoisotopic (exact) mass is 795 g/mol. The van der Waals surface area contributed by atoms with Crippen molar-refractivity contribution in [3.05, 3.63) is 232 Å². The summed E-state index contributed by atoms with van der Waals surface area (Å²) in [6, 6.07) is 62.4. The van der Waals surface area contributed by atoms with E-state index in [0.29, 0.717) is 32.8 Å². The molecule has 9 rings (SSSR count). The minimum atomic E-state index is -1.02. The van der Waals surface area contributed by atoms with E-state index in [-0.39, 0.29) is 5.41 Å². The fraction of sp³-hybridized carbons (Fsp3) is 0.0943. The molecule has 0 amide bonds. The SMILES string of the molecule is CC(C)(C)c1cc(-c2ccccc2)c(N(c2cccc(Cl)c2)c2cc(F)cc(C3(c4cccc(Cl)c4)c4ccccc4Oc4ccccc43)c2)c(-c2ccccc2)c1. The lowest BCUT2D eigenvalue weighted by atomic mass is 9.63. The zero-order valence-corrected chi connectivity index (χ0v) is 33.9. The van der Waals surface area contributed by atoms with Crippen LogP contribution in [0.3, 0.4) is 0 Å². The van der Waals surface area contributed by atoms with Crippen LogP contribution in [-0.2, 0) is 10.8 Å². The van der Waals surface area contributed by atoms with Gasteiger partial charge in [-0.25, -0.2) is 4.39 Å².